The minimum absolute atomic E-state index is 0.959. The summed E-state index contributed by atoms with van der Waals surface area (Å²) in [5.74, 6) is 0. The number of benzene rings is 5. The molecule has 0 N–H and O–H groups in total. The van der Waals surface area contributed by atoms with Gasteiger partial charge in [0.25, 0.3) is 0 Å². The van der Waals surface area contributed by atoms with Gasteiger partial charge in [-0.25, -0.2) is 0 Å². The van der Waals surface area contributed by atoms with Crippen LogP contribution in [0, 0.1) is 0 Å². The van der Waals surface area contributed by atoms with Crippen molar-refractivity contribution in [2.45, 2.75) is 12.8 Å². The third-order valence-corrected chi connectivity index (χ3v) is 5.96. The minimum atomic E-state index is 0.959. The Balaban J connectivity index is 1.22. The molecular weight excluding hydrogens is 384 g/mol. The molecule has 0 saturated heterocycles. The van der Waals surface area contributed by atoms with Crippen molar-refractivity contribution in [2.75, 3.05) is 0 Å². The van der Waals surface area contributed by atoms with Crippen molar-refractivity contribution < 1.29 is 0 Å². The van der Waals surface area contributed by atoms with E-state index in [0.717, 1.165) is 12.8 Å². The van der Waals surface area contributed by atoms with Crippen LogP contribution in [0.25, 0.3) is 22.3 Å². The molecule has 0 unspecified atom stereocenters. The van der Waals surface area contributed by atoms with E-state index in [0.29, 0.717) is 0 Å². The Hall–Kier alpha value is -3.90. The molecule has 0 saturated carbocycles. The lowest BCUT2D eigenvalue weighted by atomic mass is 9.97. The first-order valence-electron chi connectivity index (χ1n) is 11.2. The van der Waals surface area contributed by atoms with E-state index in [-0.39, 0.29) is 0 Å². The van der Waals surface area contributed by atoms with E-state index in [1.54, 1.807) is 0 Å². The maximum absolute atomic E-state index is 2.26. The first kappa shape index (κ1) is 20.0. The lowest BCUT2D eigenvalue weighted by Gasteiger charge is -2.08. The fraction of sp³-hybridized carbons (Fsp3) is 0.0625. The standard InChI is InChI=1S/C32H26/c1-3-7-29(8-4-1)31-19-15-27(16-20-31)23-25-11-13-26(14-12-25)24-28-17-21-32(22-18-28)30-9-5-2-6-10-30/h1-22H,23-24H2. The van der Waals surface area contributed by atoms with Crippen LogP contribution in [0.4, 0.5) is 0 Å². The third kappa shape index (κ3) is 4.87. The van der Waals surface area contributed by atoms with Gasteiger partial charge in [0.2, 0.25) is 0 Å². The summed E-state index contributed by atoms with van der Waals surface area (Å²) in [4.78, 5) is 0. The van der Waals surface area contributed by atoms with Crippen molar-refractivity contribution in [3.8, 4) is 22.3 Å². The van der Waals surface area contributed by atoms with E-state index in [2.05, 4.69) is 133 Å². The van der Waals surface area contributed by atoms with Gasteiger partial charge in [-0.15, -0.1) is 0 Å². The molecule has 0 aliphatic carbocycles. The summed E-state index contributed by atoms with van der Waals surface area (Å²) < 4.78 is 0. The molecule has 5 aromatic carbocycles. The fourth-order valence-electron chi connectivity index (χ4n) is 4.14. The summed E-state index contributed by atoms with van der Waals surface area (Å²) in [6, 6.07) is 48.0. The van der Waals surface area contributed by atoms with Crippen molar-refractivity contribution in [1.29, 1.82) is 0 Å². The van der Waals surface area contributed by atoms with Crippen molar-refractivity contribution in [3.05, 3.63) is 156 Å². The molecule has 0 heteroatoms. The second-order valence-corrected chi connectivity index (χ2v) is 8.30. The van der Waals surface area contributed by atoms with Crippen LogP contribution in [0.5, 0.6) is 0 Å². The summed E-state index contributed by atoms with van der Waals surface area (Å²) in [6.07, 6.45) is 1.92. The Morgan fingerprint density at radius 2 is 0.500 bits per heavy atom. The van der Waals surface area contributed by atoms with E-state index in [1.807, 2.05) is 0 Å². The third-order valence-electron chi connectivity index (χ3n) is 5.96. The molecule has 5 aromatic rings. The van der Waals surface area contributed by atoms with Gasteiger partial charge in [-0.2, -0.15) is 0 Å². The average molecular weight is 411 g/mol. The maximum atomic E-state index is 2.26. The van der Waals surface area contributed by atoms with Crippen LogP contribution in [0.3, 0.4) is 0 Å². The molecule has 0 atom stereocenters. The van der Waals surface area contributed by atoms with Crippen LogP contribution in [0.15, 0.2) is 133 Å². The lowest BCUT2D eigenvalue weighted by molar-refractivity contribution is 1.15. The number of rotatable bonds is 6. The molecule has 0 amide bonds. The van der Waals surface area contributed by atoms with Gasteiger partial charge in [-0.1, -0.05) is 133 Å². The highest BCUT2D eigenvalue weighted by Gasteiger charge is 2.02. The van der Waals surface area contributed by atoms with Gasteiger partial charge in [0.05, 0.1) is 0 Å². The highest BCUT2D eigenvalue weighted by molar-refractivity contribution is 5.64. The zero-order chi connectivity index (χ0) is 21.6. The minimum Gasteiger partial charge on any atom is -0.0622 e. The Labute approximate surface area is 190 Å². The summed E-state index contributed by atoms with van der Waals surface area (Å²) in [5, 5.41) is 0. The first-order chi connectivity index (χ1) is 15.8. The maximum Gasteiger partial charge on any atom is -0.00258 e. The molecule has 0 aliphatic heterocycles. The quantitative estimate of drug-likeness (QED) is 0.265. The van der Waals surface area contributed by atoms with Gasteiger partial charge < -0.3 is 0 Å². The molecule has 0 bridgehead atoms. The van der Waals surface area contributed by atoms with E-state index in [1.165, 1.54) is 44.5 Å². The summed E-state index contributed by atoms with van der Waals surface area (Å²) in [6.45, 7) is 0. The van der Waals surface area contributed by atoms with Crippen LogP contribution >= 0.6 is 0 Å². The second-order valence-electron chi connectivity index (χ2n) is 8.30. The molecule has 0 aromatic heterocycles. The Kier molecular flexibility index (Phi) is 5.94. The molecule has 0 fully saturated rings. The zero-order valence-electron chi connectivity index (χ0n) is 18.1. The van der Waals surface area contributed by atoms with Gasteiger partial charge in [0, 0.05) is 0 Å². The van der Waals surface area contributed by atoms with Crippen LogP contribution < -0.4 is 0 Å². The van der Waals surface area contributed by atoms with E-state index < -0.39 is 0 Å². The number of hydrogen-bond acceptors (Lipinski definition) is 0. The van der Waals surface area contributed by atoms with Crippen molar-refractivity contribution in [3.63, 3.8) is 0 Å². The topological polar surface area (TPSA) is 0 Å². The molecule has 154 valence electrons. The highest BCUT2D eigenvalue weighted by atomic mass is 14.1. The van der Waals surface area contributed by atoms with Gasteiger partial charge in [0.15, 0.2) is 0 Å². The molecule has 0 aliphatic rings. The normalized spacial score (nSPS) is 10.8. The summed E-state index contributed by atoms with van der Waals surface area (Å²) in [5.41, 5.74) is 10.4. The Morgan fingerprint density at radius 1 is 0.250 bits per heavy atom. The molecule has 0 spiro atoms. The van der Waals surface area contributed by atoms with Crippen molar-refractivity contribution in [1.82, 2.24) is 0 Å². The van der Waals surface area contributed by atoms with Crippen LogP contribution in [-0.4, -0.2) is 0 Å². The Morgan fingerprint density at radius 3 is 0.812 bits per heavy atom. The van der Waals surface area contributed by atoms with E-state index in [4.69, 9.17) is 0 Å². The predicted octanol–water partition coefficient (Wildman–Crippen LogP) is 8.20. The molecule has 0 nitrogen and oxygen atoms in total. The molecular formula is C32H26. The van der Waals surface area contributed by atoms with Crippen molar-refractivity contribution >= 4 is 0 Å². The van der Waals surface area contributed by atoms with E-state index in [9.17, 15) is 0 Å². The fourth-order valence-corrected chi connectivity index (χ4v) is 4.14. The molecule has 32 heavy (non-hydrogen) atoms. The summed E-state index contributed by atoms with van der Waals surface area (Å²) in [7, 11) is 0. The SMILES string of the molecule is c1ccc(-c2ccc(Cc3ccc(Cc4ccc(-c5ccccc5)cc4)cc3)cc2)cc1. The smallest absolute Gasteiger partial charge is 0.00258 e. The first-order valence-corrected chi connectivity index (χ1v) is 11.2. The van der Waals surface area contributed by atoms with Crippen LogP contribution in [0.1, 0.15) is 22.3 Å². The van der Waals surface area contributed by atoms with Gasteiger partial charge >= 0.3 is 0 Å². The van der Waals surface area contributed by atoms with Gasteiger partial charge in [-0.3, -0.25) is 0 Å². The van der Waals surface area contributed by atoms with Gasteiger partial charge in [-0.05, 0) is 57.3 Å². The second kappa shape index (κ2) is 9.49. The molecule has 0 radical (unpaired) electrons. The molecule has 5 rings (SSSR count). The summed E-state index contributed by atoms with van der Waals surface area (Å²) >= 11 is 0. The van der Waals surface area contributed by atoms with Gasteiger partial charge in [0.1, 0.15) is 0 Å². The lowest BCUT2D eigenvalue weighted by Crippen LogP contribution is -1.92. The number of hydrogen-bond donors (Lipinski definition) is 0. The van der Waals surface area contributed by atoms with Crippen molar-refractivity contribution in [2.24, 2.45) is 0 Å². The van der Waals surface area contributed by atoms with Crippen LogP contribution in [0.2, 0.25) is 0 Å². The largest absolute Gasteiger partial charge is 0.0622 e. The monoisotopic (exact) mass is 410 g/mol. The Bertz CT molecular complexity index is 1140. The highest BCUT2D eigenvalue weighted by Crippen LogP contribution is 2.22. The zero-order valence-corrected chi connectivity index (χ0v) is 18.1. The predicted molar refractivity (Wildman–Crippen MR) is 136 cm³/mol. The molecule has 0 heterocycles. The average Bonchev–Trinajstić information content (AvgIpc) is 2.87. The van der Waals surface area contributed by atoms with Crippen LogP contribution in [-0.2, 0) is 12.8 Å². The van der Waals surface area contributed by atoms with E-state index >= 15 is 0 Å².